The predicted octanol–water partition coefficient (Wildman–Crippen LogP) is 0.753. The van der Waals surface area contributed by atoms with Gasteiger partial charge in [-0.3, -0.25) is 4.90 Å². The fourth-order valence-corrected chi connectivity index (χ4v) is 4.22. The van der Waals surface area contributed by atoms with Crippen LogP contribution in [0.5, 0.6) is 0 Å². The van der Waals surface area contributed by atoms with Crippen molar-refractivity contribution in [3.63, 3.8) is 0 Å². The normalized spacial score (nSPS) is 22.2. The largest absolute Gasteiger partial charge is 0.334 e. The molecule has 0 radical (unpaired) electrons. The van der Waals surface area contributed by atoms with Gasteiger partial charge in [0.25, 0.3) is 5.89 Å². The van der Waals surface area contributed by atoms with Crippen LogP contribution in [0.3, 0.4) is 0 Å². The van der Waals surface area contributed by atoms with Crippen molar-refractivity contribution in [3.05, 3.63) is 30.1 Å². The topological polar surface area (TPSA) is 100 Å². The van der Waals surface area contributed by atoms with Crippen LogP contribution in [-0.4, -0.2) is 56.2 Å². The lowest BCUT2D eigenvalue weighted by Crippen LogP contribution is -2.44. The third-order valence-electron chi connectivity index (χ3n) is 4.54. The summed E-state index contributed by atoms with van der Waals surface area (Å²) in [6.07, 6.45) is 1.80. The third kappa shape index (κ3) is 3.59. The maximum atomic E-state index is 12.4. The maximum absolute atomic E-state index is 12.4. The molecule has 1 saturated carbocycles. The molecule has 2 aliphatic rings. The molecule has 1 unspecified atom stereocenters. The van der Waals surface area contributed by atoms with E-state index in [9.17, 15) is 8.42 Å². The molecule has 1 aliphatic heterocycles. The summed E-state index contributed by atoms with van der Waals surface area (Å²) < 4.78 is 32.8. The Morgan fingerprint density at radius 2 is 2.20 bits per heavy atom. The summed E-state index contributed by atoms with van der Waals surface area (Å²) in [5.41, 5.74) is 0.601. The molecule has 1 atom stereocenters. The minimum Gasteiger partial charge on any atom is -0.334 e. The zero-order valence-corrected chi connectivity index (χ0v) is 14.8. The fraction of sp³-hybridized carbons (Fsp3) is 0.500. The number of benzene rings is 1. The number of hydrogen-bond acceptors (Lipinski definition) is 7. The van der Waals surface area contributed by atoms with Gasteiger partial charge in [0, 0.05) is 31.2 Å². The average molecular weight is 363 g/mol. The Morgan fingerprint density at radius 1 is 1.36 bits per heavy atom. The number of rotatable bonds is 5. The molecule has 1 saturated heterocycles. The van der Waals surface area contributed by atoms with E-state index in [4.69, 9.17) is 4.52 Å². The van der Waals surface area contributed by atoms with E-state index in [0.29, 0.717) is 17.3 Å². The Hall–Kier alpha value is -1.81. The minimum absolute atomic E-state index is 0.0506. The Kier molecular flexibility index (Phi) is 4.32. The van der Waals surface area contributed by atoms with Crippen LogP contribution in [0.15, 0.2) is 33.7 Å². The number of hydrogen-bond donors (Lipinski definition) is 2. The molecular formula is C16H21N5O3S. The molecule has 2 fully saturated rings. The molecule has 2 aromatic rings. The van der Waals surface area contributed by atoms with E-state index in [1.807, 2.05) is 7.05 Å². The highest BCUT2D eigenvalue weighted by Gasteiger charge is 2.29. The lowest BCUT2D eigenvalue weighted by atomic mass is 10.2. The lowest BCUT2D eigenvalue weighted by molar-refractivity contribution is 0.190. The summed E-state index contributed by atoms with van der Waals surface area (Å²) in [6, 6.07) is 6.73. The van der Waals surface area contributed by atoms with Crippen molar-refractivity contribution in [2.45, 2.75) is 29.8 Å². The van der Waals surface area contributed by atoms with E-state index >= 15 is 0 Å². The minimum atomic E-state index is -3.51. The van der Waals surface area contributed by atoms with Gasteiger partial charge in [0.2, 0.25) is 10.0 Å². The molecule has 134 valence electrons. The maximum Gasteiger partial charge on any atom is 0.258 e. The van der Waals surface area contributed by atoms with Gasteiger partial charge in [-0.2, -0.15) is 4.98 Å². The molecule has 25 heavy (non-hydrogen) atoms. The number of likely N-dealkylation sites (N-methyl/N-ethyl adjacent to an activating group) is 1. The Bertz CT molecular complexity index is 862. The van der Waals surface area contributed by atoms with Gasteiger partial charge in [-0.1, -0.05) is 11.2 Å². The van der Waals surface area contributed by atoms with Crippen LogP contribution in [0, 0.1) is 0 Å². The van der Waals surface area contributed by atoms with Crippen LogP contribution >= 0.6 is 0 Å². The van der Waals surface area contributed by atoms with E-state index < -0.39 is 10.0 Å². The van der Waals surface area contributed by atoms with Crippen molar-refractivity contribution in [2.75, 3.05) is 26.7 Å². The van der Waals surface area contributed by atoms with Crippen molar-refractivity contribution in [3.8, 4) is 11.5 Å². The first-order valence-electron chi connectivity index (χ1n) is 8.40. The van der Waals surface area contributed by atoms with Crippen molar-refractivity contribution < 1.29 is 12.9 Å². The molecule has 0 bridgehead atoms. The summed E-state index contributed by atoms with van der Waals surface area (Å²) in [7, 11) is -1.48. The first-order valence-corrected chi connectivity index (χ1v) is 9.88. The molecule has 8 nitrogen and oxygen atoms in total. The Balaban J connectivity index is 1.59. The van der Waals surface area contributed by atoms with Gasteiger partial charge in [0.1, 0.15) is 0 Å². The van der Waals surface area contributed by atoms with E-state index in [1.54, 1.807) is 24.3 Å². The fourth-order valence-electron chi connectivity index (χ4n) is 2.87. The van der Waals surface area contributed by atoms with Gasteiger partial charge in [-0.05, 0) is 38.1 Å². The second-order valence-electron chi connectivity index (χ2n) is 6.58. The highest BCUT2D eigenvalue weighted by atomic mass is 32.2. The second-order valence-corrected chi connectivity index (χ2v) is 8.30. The highest BCUT2D eigenvalue weighted by molar-refractivity contribution is 7.89. The zero-order chi connectivity index (χ0) is 17.4. The number of sulfonamides is 1. The van der Waals surface area contributed by atoms with E-state index in [0.717, 1.165) is 32.5 Å². The molecule has 1 aliphatic carbocycles. The lowest BCUT2D eigenvalue weighted by Gasteiger charge is -2.30. The van der Waals surface area contributed by atoms with Gasteiger partial charge >= 0.3 is 0 Å². The first kappa shape index (κ1) is 16.6. The van der Waals surface area contributed by atoms with Crippen LogP contribution in [0.2, 0.25) is 0 Å². The Labute approximate surface area is 146 Å². The quantitative estimate of drug-likeness (QED) is 0.808. The summed E-state index contributed by atoms with van der Waals surface area (Å²) in [4.78, 5) is 6.86. The predicted molar refractivity (Wildman–Crippen MR) is 91.3 cm³/mol. The zero-order valence-electron chi connectivity index (χ0n) is 14.0. The molecule has 2 heterocycles. The van der Waals surface area contributed by atoms with Gasteiger partial charge in [0.05, 0.1) is 10.9 Å². The molecule has 2 N–H and O–H groups in total. The molecule has 0 spiro atoms. The average Bonchev–Trinajstić information content (AvgIpc) is 3.27. The SMILES string of the molecule is CN1CCNCC1c1noc(-c2cccc(S(=O)(=O)NC3CC3)c2)n1. The molecule has 1 aromatic carbocycles. The van der Waals surface area contributed by atoms with Gasteiger partial charge in [-0.15, -0.1) is 0 Å². The summed E-state index contributed by atoms with van der Waals surface area (Å²) in [6.45, 7) is 2.61. The molecular weight excluding hydrogens is 342 g/mol. The van der Waals surface area contributed by atoms with Gasteiger partial charge in [0.15, 0.2) is 5.82 Å². The van der Waals surface area contributed by atoms with Crippen molar-refractivity contribution in [1.29, 1.82) is 0 Å². The van der Waals surface area contributed by atoms with E-state index in [1.165, 1.54) is 0 Å². The smallest absolute Gasteiger partial charge is 0.258 e. The van der Waals surface area contributed by atoms with E-state index in [2.05, 4.69) is 25.1 Å². The van der Waals surface area contributed by atoms with Gasteiger partial charge in [-0.25, -0.2) is 13.1 Å². The summed E-state index contributed by atoms with van der Waals surface area (Å²) in [5, 5.41) is 7.40. The van der Waals surface area contributed by atoms with Crippen LogP contribution in [0.1, 0.15) is 24.7 Å². The van der Waals surface area contributed by atoms with Crippen LogP contribution in [-0.2, 0) is 10.0 Å². The summed E-state index contributed by atoms with van der Waals surface area (Å²) >= 11 is 0. The van der Waals surface area contributed by atoms with Crippen molar-refractivity contribution in [1.82, 2.24) is 25.1 Å². The van der Waals surface area contributed by atoms with Crippen LogP contribution in [0.4, 0.5) is 0 Å². The molecule has 1 aromatic heterocycles. The number of nitrogens with zero attached hydrogens (tertiary/aromatic N) is 3. The highest BCUT2D eigenvalue weighted by Crippen LogP contribution is 2.26. The van der Waals surface area contributed by atoms with Gasteiger partial charge < -0.3 is 9.84 Å². The van der Waals surface area contributed by atoms with Crippen molar-refractivity contribution in [2.24, 2.45) is 0 Å². The molecule has 0 amide bonds. The standard InChI is InChI=1S/C16H21N5O3S/c1-21-8-7-17-10-14(21)15-18-16(24-19-15)11-3-2-4-13(9-11)25(22,23)20-12-5-6-12/h2-4,9,12,14,17,20H,5-8,10H2,1H3. The number of piperazine rings is 1. The first-order chi connectivity index (χ1) is 12.0. The van der Waals surface area contributed by atoms with E-state index in [-0.39, 0.29) is 17.0 Å². The van der Waals surface area contributed by atoms with Crippen LogP contribution < -0.4 is 10.0 Å². The number of nitrogens with one attached hydrogen (secondary N) is 2. The Morgan fingerprint density at radius 3 is 2.96 bits per heavy atom. The number of aromatic nitrogens is 2. The summed E-state index contributed by atoms with van der Waals surface area (Å²) in [5.74, 6) is 0.937. The molecule has 9 heteroatoms. The van der Waals surface area contributed by atoms with Crippen molar-refractivity contribution >= 4 is 10.0 Å². The molecule has 4 rings (SSSR count). The van der Waals surface area contributed by atoms with Crippen LogP contribution in [0.25, 0.3) is 11.5 Å². The third-order valence-corrected chi connectivity index (χ3v) is 6.06. The monoisotopic (exact) mass is 363 g/mol. The second kappa shape index (κ2) is 6.49.